The Balaban J connectivity index is 2.31. The van der Waals surface area contributed by atoms with Gasteiger partial charge >= 0.3 is 0 Å². The first-order valence-electron chi connectivity index (χ1n) is 7.71. The van der Waals surface area contributed by atoms with Crippen LogP contribution in [0, 0.1) is 19.7 Å². The SMILES string of the molecule is CCC(NS(=O)(=O)c1ccc(F)c(C)c1)c1ccc(OC)c(C)c1. The zero-order valence-electron chi connectivity index (χ0n) is 14.3. The average molecular weight is 351 g/mol. The van der Waals surface area contributed by atoms with E-state index in [1.165, 1.54) is 18.2 Å². The van der Waals surface area contributed by atoms with Crippen LogP contribution in [0.3, 0.4) is 0 Å². The van der Waals surface area contributed by atoms with E-state index in [9.17, 15) is 12.8 Å². The Morgan fingerprint density at radius 2 is 1.83 bits per heavy atom. The van der Waals surface area contributed by atoms with Gasteiger partial charge in [0.1, 0.15) is 11.6 Å². The van der Waals surface area contributed by atoms with Crippen LogP contribution in [0.4, 0.5) is 4.39 Å². The molecule has 2 rings (SSSR count). The number of hydrogen-bond acceptors (Lipinski definition) is 3. The molecule has 2 aromatic rings. The number of ether oxygens (including phenoxy) is 1. The molecule has 0 bridgehead atoms. The van der Waals surface area contributed by atoms with Crippen molar-refractivity contribution in [3.8, 4) is 5.75 Å². The molecule has 0 radical (unpaired) electrons. The van der Waals surface area contributed by atoms with Crippen molar-refractivity contribution >= 4 is 10.0 Å². The van der Waals surface area contributed by atoms with E-state index in [1.54, 1.807) is 14.0 Å². The highest BCUT2D eigenvalue weighted by molar-refractivity contribution is 7.89. The monoisotopic (exact) mass is 351 g/mol. The van der Waals surface area contributed by atoms with Crippen molar-refractivity contribution in [2.75, 3.05) is 7.11 Å². The molecule has 0 fully saturated rings. The molecule has 0 heterocycles. The molecule has 1 N–H and O–H groups in total. The van der Waals surface area contributed by atoms with Gasteiger partial charge in [0.25, 0.3) is 0 Å². The van der Waals surface area contributed by atoms with Crippen LogP contribution in [0.5, 0.6) is 5.75 Å². The van der Waals surface area contributed by atoms with E-state index in [2.05, 4.69) is 4.72 Å². The lowest BCUT2D eigenvalue weighted by Crippen LogP contribution is -2.28. The van der Waals surface area contributed by atoms with Crippen molar-refractivity contribution in [2.45, 2.75) is 38.1 Å². The number of sulfonamides is 1. The third kappa shape index (κ3) is 3.94. The highest BCUT2D eigenvalue weighted by Crippen LogP contribution is 2.26. The summed E-state index contributed by atoms with van der Waals surface area (Å²) in [6.45, 7) is 5.36. The summed E-state index contributed by atoms with van der Waals surface area (Å²) in [5.74, 6) is 0.331. The van der Waals surface area contributed by atoms with Crippen molar-refractivity contribution < 1.29 is 17.5 Å². The Morgan fingerprint density at radius 3 is 2.38 bits per heavy atom. The van der Waals surface area contributed by atoms with Gasteiger partial charge in [-0.1, -0.05) is 19.1 Å². The molecule has 130 valence electrons. The fourth-order valence-corrected chi connectivity index (χ4v) is 3.94. The third-order valence-electron chi connectivity index (χ3n) is 3.97. The van der Waals surface area contributed by atoms with Crippen LogP contribution in [0.2, 0.25) is 0 Å². The molecule has 6 heteroatoms. The molecule has 2 aromatic carbocycles. The van der Waals surface area contributed by atoms with Gasteiger partial charge in [-0.3, -0.25) is 0 Å². The van der Waals surface area contributed by atoms with Crippen LogP contribution in [0.1, 0.15) is 36.1 Å². The molecular formula is C18H22FNO3S. The largest absolute Gasteiger partial charge is 0.496 e. The Labute approximate surface area is 142 Å². The van der Waals surface area contributed by atoms with Crippen molar-refractivity contribution in [1.82, 2.24) is 4.72 Å². The van der Waals surface area contributed by atoms with E-state index in [1.807, 2.05) is 32.0 Å². The second-order valence-electron chi connectivity index (χ2n) is 5.72. The summed E-state index contributed by atoms with van der Waals surface area (Å²) in [5, 5.41) is 0. The second kappa shape index (κ2) is 7.32. The van der Waals surface area contributed by atoms with E-state index in [-0.39, 0.29) is 10.9 Å². The van der Waals surface area contributed by atoms with E-state index < -0.39 is 15.8 Å². The summed E-state index contributed by atoms with van der Waals surface area (Å²) in [6, 6.07) is 8.99. The molecular weight excluding hydrogens is 329 g/mol. The summed E-state index contributed by atoms with van der Waals surface area (Å²) >= 11 is 0. The maximum Gasteiger partial charge on any atom is 0.241 e. The van der Waals surface area contributed by atoms with Gasteiger partial charge in [-0.15, -0.1) is 0 Å². The first-order valence-corrected chi connectivity index (χ1v) is 9.19. The maximum absolute atomic E-state index is 13.4. The van der Waals surface area contributed by atoms with Crippen LogP contribution in [0.25, 0.3) is 0 Å². The molecule has 0 saturated heterocycles. The van der Waals surface area contributed by atoms with Crippen molar-refractivity contribution in [3.63, 3.8) is 0 Å². The fourth-order valence-electron chi connectivity index (χ4n) is 2.55. The van der Waals surface area contributed by atoms with Gasteiger partial charge < -0.3 is 4.74 Å². The molecule has 0 aliphatic rings. The zero-order chi connectivity index (χ0) is 17.9. The Hall–Kier alpha value is -1.92. The minimum Gasteiger partial charge on any atom is -0.496 e. The van der Waals surface area contributed by atoms with Gasteiger partial charge in [0.2, 0.25) is 10.0 Å². The first-order chi connectivity index (χ1) is 11.3. The van der Waals surface area contributed by atoms with E-state index >= 15 is 0 Å². The number of methoxy groups -OCH3 is 1. The lowest BCUT2D eigenvalue weighted by molar-refractivity contribution is 0.411. The highest BCUT2D eigenvalue weighted by Gasteiger charge is 2.21. The quantitative estimate of drug-likeness (QED) is 0.859. The summed E-state index contributed by atoms with van der Waals surface area (Å²) in [6.07, 6.45) is 0.588. The standard InChI is InChI=1S/C18H22FNO3S/c1-5-17(14-6-9-18(23-4)13(3)10-14)20-24(21,22)15-7-8-16(19)12(2)11-15/h6-11,17,20H,5H2,1-4H3. The van der Waals surface area contributed by atoms with E-state index in [4.69, 9.17) is 4.74 Å². The molecule has 1 unspecified atom stereocenters. The summed E-state index contributed by atoms with van der Waals surface area (Å²) in [5.41, 5.74) is 2.09. The lowest BCUT2D eigenvalue weighted by Gasteiger charge is -2.19. The molecule has 0 aromatic heterocycles. The fraction of sp³-hybridized carbons (Fsp3) is 0.333. The maximum atomic E-state index is 13.4. The van der Waals surface area contributed by atoms with Crippen molar-refractivity contribution in [2.24, 2.45) is 0 Å². The molecule has 0 aliphatic carbocycles. The topological polar surface area (TPSA) is 55.4 Å². The number of nitrogens with one attached hydrogen (secondary N) is 1. The molecule has 4 nitrogen and oxygen atoms in total. The summed E-state index contributed by atoms with van der Waals surface area (Å²) in [4.78, 5) is 0.0603. The molecule has 0 aliphatic heterocycles. The lowest BCUT2D eigenvalue weighted by atomic mass is 10.0. The Kier molecular flexibility index (Phi) is 5.62. The highest BCUT2D eigenvalue weighted by atomic mass is 32.2. The molecule has 0 spiro atoms. The molecule has 0 amide bonds. The van der Waals surface area contributed by atoms with E-state index in [0.717, 1.165) is 16.9 Å². The first kappa shape index (κ1) is 18.4. The van der Waals surface area contributed by atoms with Crippen LogP contribution >= 0.6 is 0 Å². The van der Waals surface area contributed by atoms with Gasteiger partial charge in [-0.2, -0.15) is 0 Å². The smallest absolute Gasteiger partial charge is 0.241 e. The summed E-state index contributed by atoms with van der Waals surface area (Å²) < 4.78 is 46.5. The summed E-state index contributed by atoms with van der Waals surface area (Å²) in [7, 11) is -2.14. The predicted molar refractivity (Wildman–Crippen MR) is 92.2 cm³/mol. The Morgan fingerprint density at radius 1 is 1.12 bits per heavy atom. The van der Waals surface area contributed by atoms with Gasteiger partial charge in [-0.25, -0.2) is 17.5 Å². The number of hydrogen-bond donors (Lipinski definition) is 1. The van der Waals surface area contributed by atoms with Crippen LogP contribution in [-0.2, 0) is 10.0 Å². The van der Waals surface area contributed by atoms with Gasteiger partial charge in [-0.05, 0) is 61.2 Å². The molecule has 0 saturated carbocycles. The molecule has 1 atom stereocenters. The number of benzene rings is 2. The average Bonchev–Trinajstić information content (AvgIpc) is 2.55. The van der Waals surface area contributed by atoms with Gasteiger partial charge in [0, 0.05) is 6.04 Å². The van der Waals surface area contributed by atoms with Gasteiger partial charge in [0.05, 0.1) is 12.0 Å². The van der Waals surface area contributed by atoms with E-state index in [0.29, 0.717) is 12.0 Å². The Bertz CT molecular complexity index is 834. The minimum absolute atomic E-state index is 0.0603. The normalized spacial score (nSPS) is 12.9. The zero-order valence-corrected chi connectivity index (χ0v) is 15.1. The predicted octanol–water partition coefficient (Wildman–Crippen LogP) is 3.88. The second-order valence-corrected chi connectivity index (χ2v) is 7.44. The van der Waals surface area contributed by atoms with Crippen LogP contribution in [0.15, 0.2) is 41.3 Å². The van der Waals surface area contributed by atoms with Crippen LogP contribution < -0.4 is 9.46 Å². The number of halogens is 1. The number of rotatable bonds is 6. The van der Waals surface area contributed by atoms with Crippen molar-refractivity contribution in [3.05, 3.63) is 58.9 Å². The molecule has 24 heavy (non-hydrogen) atoms. The minimum atomic E-state index is -3.74. The third-order valence-corrected chi connectivity index (χ3v) is 5.44. The van der Waals surface area contributed by atoms with Gasteiger partial charge in [0.15, 0.2) is 0 Å². The van der Waals surface area contributed by atoms with Crippen LogP contribution in [-0.4, -0.2) is 15.5 Å². The van der Waals surface area contributed by atoms with Crippen molar-refractivity contribution in [1.29, 1.82) is 0 Å². The number of aryl methyl sites for hydroxylation is 2.